The maximum atomic E-state index is 13.5. The van der Waals surface area contributed by atoms with E-state index in [4.69, 9.17) is 0 Å². The van der Waals surface area contributed by atoms with Gasteiger partial charge >= 0.3 is 0 Å². The van der Waals surface area contributed by atoms with E-state index in [0.717, 1.165) is 16.0 Å². The van der Waals surface area contributed by atoms with E-state index < -0.39 is 0 Å². The van der Waals surface area contributed by atoms with E-state index in [1.54, 1.807) is 23.4 Å². The molecule has 7 heteroatoms. The molecule has 1 N–H and O–H groups in total. The highest BCUT2D eigenvalue weighted by Gasteiger charge is 2.20. The number of nitrogens with one attached hydrogen (secondary N) is 1. The summed E-state index contributed by atoms with van der Waals surface area (Å²) < 4.78 is 14.4. The van der Waals surface area contributed by atoms with Crippen molar-refractivity contribution in [3.63, 3.8) is 0 Å². The second-order valence-corrected chi connectivity index (χ2v) is 7.50. The Morgan fingerprint density at radius 3 is 2.76 bits per heavy atom. The molecule has 146 valence electrons. The molecule has 5 nitrogen and oxygen atoms in total. The van der Waals surface area contributed by atoms with Gasteiger partial charge in [0.25, 0.3) is 0 Å². The Morgan fingerprint density at radius 2 is 1.97 bits per heavy atom. The number of pyridine rings is 1. The Hall–Kier alpha value is -3.32. The maximum absolute atomic E-state index is 13.5. The van der Waals surface area contributed by atoms with Gasteiger partial charge in [0.15, 0.2) is 5.13 Å². The van der Waals surface area contributed by atoms with Crippen molar-refractivity contribution in [3.8, 4) is 0 Å². The summed E-state index contributed by atoms with van der Waals surface area (Å²) in [5.41, 5.74) is 2.42. The van der Waals surface area contributed by atoms with Gasteiger partial charge in [0.2, 0.25) is 5.91 Å². The lowest BCUT2D eigenvalue weighted by molar-refractivity contribution is -0.118. The zero-order valence-corrected chi connectivity index (χ0v) is 16.4. The van der Waals surface area contributed by atoms with Crippen LogP contribution in [0.2, 0.25) is 0 Å². The Balaban J connectivity index is 1.54. The number of aromatic nitrogens is 2. The molecule has 0 saturated carbocycles. The monoisotopic (exact) mass is 406 g/mol. The first-order valence-electron chi connectivity index (χ1n) is 9.23. The third-order valence-corrected chi connectivity index (χ3v) is 5.43. The molecule has 0 spiro atoms. The number of anilines is 2. The Morgan fingerprint density at radius 1 is 1.10 bits per heavy atom. The van der Waals surface area contributed by atoms with Crippen LogP contribution in [-0.4, -0.2) is 22.4 Å². The summed E-state index contributed by atoms with van der Waals surface area (Å²) in [7, 11) is 0. The van der Waals surface area contributed by atoms with Crippen LogP contribution in [0.25, 0.3) is 10.2 Å². The lowest BCUT2D eigenvalue weighted by atomic mass is 10.2. The van der Waals surface area contributed by atoms with Crippen LogP contribution < -0.4 is 10.2 Å². The van der Waals surface area contributed by atoms with Gasteiger partial charge in [0, 0.05) is 37.1 Å². The van der Waals surface area contributed by atoms with E-state index >= 15 is 0 Å². The molecule has 0 aliphatic rings. The van der Waals surface area contributed by atoms with Gasteiger partial charge in [-0.3, -0.25) is 14.7 Å². The van der Waals surface area contributed by atoms with Gasteiger partial charge in [-0.15, -0.1) is 0 Å². The van der Waals surface area contributed by atoms with Crippen molar-refractivity contribution in [2.75, 3.05) is 16.8 Å². The Kier molecular flexibility index (Phi) is 5.76. The van der Waals surface area contributed by atoms with Gasteiger partial charge in [0.05, 0.1) is 16.8 Å². The average Bonchev–Trinajstić information content (AvgIpc) is 3.16. The predicted molar refractivity (Wildman–Crippen MR) is 115 cm³/mol. The van der Waals surface area contributed by atoms with Crippen molar-refractivity contribution in [3.05, 3.63) is 84.4 Å². The number of carbonyl (C=O) groups is 1. The molecular formula is C22H19FN4OS. The largest absolute Gasteiger partial charge is 0.385 e. The van der Waals surface area contributed by atoms with Gasteiger partial charge in [-0.25, -0.2) is 9.37 Å². The fraction of sp³-hybridized carbons (Fsp3) is 0.136. The molecule has 0 aliphatic heterocycles. The number of amides is 1. The first-order valence-corrected chi connectivity index (χ1v) is 10.0. The van der Waals surface area contributed by atoms with Crippen molar-refractivity contribution in [2.45, 2.75) is 13.0 Å². The quantitative estimate of drug-likeness (QED) is 0.476. The van der Waals surface area contributed by atoms with Crippen LogP contribution in [0.4, 0.5) is 15.2 Å². The molecule has 29 heavy (non-hydrogen) atoms. The van der Waals surface area contributed by atoms with Crippen LogP contribution in [-0.2, 0) is 11.3 Å². The molecule has 0 aliphatic carbocycles. The molecule has 2 heterocycles. The summed E-state index contributed by atoms with van der Waals surface area (Å²) in [6.45, 7) is 0.867. The molecule has 0 saturated heterocycles. The zero-order chi connectivity index (χ0) is 20.1. The molecule has 0 atom stereocenters. The summed E-state index contributed by atoms with van der Waals surface area (Å²) in [6.07, 6.45) is 3.73. The van der Waals surface area contributed by atoms with Crippen molar-refractivity contribution >= 4 is 38.3 Å². The standard InChI is InChI=1S/C22H19FN4OS/c23-17-8-9-20-19(13-17)26-22(29-20)27(15-16-5-4-11-24-14-16)21(28)10-12-25-18-6-2-1-3-7-18/h1-9,11,13-14,25H,10,12,15H2. The number of hydrogen-bond acceptors (Lipinski definition) is 5. The Labute approximate surface area is 171 Å². The van der Waals surface area contributed by atoms with E-state index in [1.807, 2.05) is 42.5 Å². The van der Waals surface area contributed by atoms with Gasteiger partial charge in [-0.2, -0.15) is 0 Å². The molecule has 0 unspecified atom stereocenters. The molecule has 1 amide bonds. The summed E-state index contributed by atoms with van der Waals surface area (Å²) >= 11 is 1.38. The maximum Gasteiger partial charge on any atom is 0.230 e. The summed E-state index contributed by atoms with van der Waals surface area (Å²) in [6, 6.07) is 18.0. The topological polar surface area (TPSA) is 58.1 Å². The highest BCUT2D eigenvalue weighted by atomic mass is 32.1. The first kappa shape index (κ1) is 19.0. The number of para-hydroxylation sites is 1. The minimum absolute atomic E-state index is 0.0585. The third-order valence-electron chi connectivity index (χ3n) is 4.38. The molecule has 0 fully saturated rings. The SMILES string of the molecule is O=C(CCNc1ccccc1)N(Cc1cccnc1)c1nc2cc(F)ccc2s1. The van der Waals surface area contributed by atoms with Crippen LogP contribution in [0.3, 0.4) is 0 Å². The third kappa shape index (κ3) is 4.75. The fourth-order valence-electron chi connectivity index (χ4n) is 2.95. The average molecular weight is 406 g/mol. The second-order valence-electron chi connectivity index (χ2n) is 6.49. The van der Waals surface area contributed by atoms with E-state index in [9.17, 15) is 9.18 Å². The number of fused-ring (bicyclic) bond motifs is 1. The summed E-state index contributed by atoms with van der Waals surface area (Å²) in [4.78, 5) is 23.3. The number of hydrogen-bond donors (Lipinski definition) is 1. The van der Waals surface area contributed by atoms with Gasteiger partial charge in [-0.1, -0.05) is 35.6 Å². The van der Waals surface area contributed by atoms with E-state index in [2.05, 4.69) is 15.3 Å². The number of rotatable bonds is 7. The first-order chi connectivity index (χ1) is 14.2. The highest BCUT2D eigenvalue weighted by Crippen LogP contribution is 2.30. The molecule has 2 aromatic heterocycles. The number of halogens is 1. The minimum atomic E-state index is -0.341. The van der Waals surface area contributed by atoms with Crippen molar-refractivity contribution < 1.29 is 9.18 Å². The molecule has 0 bridgehead atoms. The number of thiazole rings is 1. The normalized spacial score (nSPS) is 10.8. The van der Waals surface area contributed by atoms with Crippen LogP contribution in [0.15, 0.2) is 73.1 Å². The minimum Gasteiger partial charge on any atom is -0.385 e. The van der Waals surface area contributed by atoms with E-state index in [0.29, 0.717) is 30.2 Å². The van der Waals surface area contributed by atoms with Gasteiger partial charge < -0.3 is 5.32 Å². The smallest absolute Gasteiger partial charge is 0.230 e. The van der Waals surface area contributed by atoms with Crippen molar-refractivity contribution in [1.29, 1.82) is 0 Å². The van der Waals surface area contributed by atoms with Gasteiger partial charge in [-0.05, 0) is 35.9 Å². The highest BCUT2D eigenvalue weighted by molar-refractivity contribution is 7.22. The van der Waals surface area contributed by atoms with Crippen molar-refractivity contribution in [2.24, 2.45) is 0 Å². The van der Waals surface area contributed by atoms with Crippen LogP contribution in [0.5, 0.6) is 0 Å². The van der Waals surface area contributed by atoms with Gasteiger partial charge in [0.1, 0.15) is 5.82 Å². The number of benzene rings is 2. The van der Waals surface area contributed by atoms with Crippen LogP contribution >= 0.6 is 11.3 Å². The molecule has 2 aromatic carbocycles. The summed E-state index contributed by atoms with van der Waals surface area (Å²) in [5, 5.41) is 3.81. The lowest BCUT2D eigenvalue weighted by Gasteiger charge is -2.20. The number of carbonyl (C=O) groups excluding carboxylic acids is 1. The van der Waals surface area contributed by atoms with Crippen LogP contribution in [0.1, 0.15) is 12.0 Å². The fourth-order valence-corrected chi connectivity index (χ4v) is 3.91. The molecule has 4 aromatic rings. The van der Waals surface area contributed by atoms with Crippen LogP contribution in [0, 0.1) is 5.82 Å². The van der Waals surface area contributed by atoms with E-state index in [-0.39, 0.29) is 11.7 Å². The van der Waals surface area contributed by atoms with Crippen molar-refractivity contribution in [1.82, 2.24) is 9.97 Å². The molecule has 4 rings (SSSR count). The molecule has 0 radical (unpaired) electrons. The predicted octanol–water partition coefficient (Wildman–Crippen LogP) is 4.87. The lowest BCUT2D eigenvalue weighted by Crippen LogP contribution is -2.31. The summed E-state index contributed by atoms with van der Waals surface area (Å²) in [5.74, 6) is -0.400. The number of nitrogens with zero attached hydrogens (tertiary/aromatic N) is 3. The zero-order valence-electron chi connectivity index (χ0n) is 15.6. The Bertz CT molecular complexity index is 1100. The second kappa shape index (κ2) is 8.79. The van der Waals surface area contributed by atoms with E-state index in [1.165, 1.54) is 23.5 Å². The molecular weight excluding hydrogens is 387 g/mol.